The van der Waals surface area contributed by atoms with Gasteiger partial charge in [0.15, 0.2) is 11.4 Å². The average Bonchev–Trinajstić information content (AvgIpc) is 3.14. The first-order valence-corrected chi connectivity index (χ1v) is 9.94. The van der Waals surface area contributed by atoms with E-state index in [2.05, 4.69) is 20.2 Å². The van der Waals surface area contributed by atoms with Gasteiger partial charge in [0.05, 0.1) is 5.92 Å². The van der Waals surface area contributed by atoms with Gasteiger partial charge in [-0.25, -0.2) is 9.97 Å². The molecule has 0 radical (unpaired) electrons. The summed E-state index contributed by atoms with van der Waals surface area (Å²) in [6, 6.07) is 15.8. The van der Waals surface area contributed by atoms with Crippen LogP contribution in [0.2, 0.25) is 0 Å². The molecule has 1 aliphatic rings. The first-order valence-electron chi connectivity index (χ1n) is 9.94. The normalized spacial score (nSPS) is 17.0. The van der Waals surface area contributed by atoms with Crippen LogP contribution < -0.4 is 10.2 Å². The molecule has 0 spiro atoms. The van der Waals surface area contributed by atoms with Crippen LogP contribution in [0.1, 0.15) is 18.4 Å². The Kier molecular flexibility index (Phi) is 4.39. The van der Waals surface area contributed by atoms with Crippen molar-refractivity contribution in [3.8, 4) is 0 Å². The SMILES string of the molecule is Cc1ccc(NC(=O)[C@@H]2CCCN(c3ncnc4c3oc3ccccc34)C2)cc1. The third kappa shape index (κ3) is 3.31. The molecular formula is C23H22N4O2. The van der Waals surface area contributed by atoms with Gasteiger partial charge in [-0.2, -0.15) is 0 Å². The van der Waals surface area contributed by atoms with Crippen molar-refractivity contribution in [1.29, 1.82) is 0 Å². The highest BCUT2D eigenvalue weighted by Gasteiger charge is 2.28. The Morgan fingerprint density at radius 1 is 1.14 bits per heavy atom. The number of rotatable bonds is 3. The number of nitrogens with one attached hydrogen (secondary N) is 1. The van der Waals surface area contributed by atoms with Crippen LogP contribution in [0.4, 0.5) is 11.5 Å². The smallest absolute Gasteiger partial charge is 0.229 e. The van der Waals surface area contributed by atoms with Crippen LogP contribution in [0.5, 0.6) is 0 Å². The van der Waals surface area contributed by atoms with E-state index in [1.54, 1.807) is 6.33 Å². The van der Waals surface area contributed by atoms with Crippen molar-refractivity contribution in [3.63, 3.8) is 0 Å². The molecule has 1 aliphatic heterocycles. The molecule has 0 bridgehead atoms. The van der Waals surface area contributed by atoms with Crippen LogP contribution in [0.25, 0.3) is 22.1 Å². The Labute approximate surface area is 168 Å². The number of furan rings is 1. The molecule has 1 amide bonds. The highest BCUT2D eigenvalue weighted by Crippen LogP contribution is 2.33. The zero-order valence-electron chi connectivity index (χ0n) is 16.3. The highest BCUT2D eigenvalue weighted by molar-refractivity contribution is 6.05. The predicted octanol–water partition coefficient (Wildman–Crippen LogP) is 4.54. The molecule has 1 atom stereocenters. The van der Waals surface area contributed by atoms with E-state index in [1.807, 2.05) is 55.5 Å². The number of fused-ring (bicyclic) bond motifs is 3. The van der Waals surface area contributed by atoms with Crippen LogP contribution in [-0.2, 0) is 4.79 Å². The molecule has 2 aromatic heterocycles. The number of aryl methyl sites for hydroxylation is 1. The fraction of sp³-hybridized carbons (Fsp3) is 0.261. The predicted molar refractivity (Wildman–Crippen MR) is 114 cm³/mol. The van der Waals surface area contributed by atoms with E-state index in [0.717, 1.165) is 47.4 Å². The van der Waals surface area contributed by atoms with E-state index in [-0.39, 0.29) is 11.8 Å². The van der Waals surface area contributed by atoms with Gasteiger partial charge in [-0.1, -0.05) is 29.8 Å². The minimum Gasteiger partial charge on any atom is -0.450 e. The van der Waals surface area contributed by atoms with Crippen LogP contribution in [0, 0.1) is 12.8 Å². The maximum Gasteiger partial charge on any atom is 0.229 e. The first-order chi connectivity index (χ1) is 14.2. The molecule has 29 heavy (non-hydrogen) atoms. The standard InChI is InChI=1S/C23H22N4O2/c1-15-8-10-17(11-9-15)26-23(28)16-5-4-12-27(13-16)22-21-20(24-14-25-22)18-6-2-3-7-19(18)29-21/h2-3,6-11,14,16H,4-5,12-13H2,1H3,(H,26,28)/t16-/m1/s1. The Morgan fingerprint density at radius 2 is 1.97 bits per heavy atom. The third-order valence-electron chi connectivity index (χ3n) is 5.55. The summed E-state index contributed by atoms with van der Waals surface area (Å²) in [5, 5.41) is 4.03. The number of hydrogen-bond acceptors (Lipinski definition) is 5. The third-order valence-corrected chi connectivity index (χ3v) is 5.55. The minimum absolute atomic E-state index is 0.0495. The number of piperidine rings is 1. The second kappa shape index (κ2) is 7.20. The summed E-state index contributed by atoms with van der Waals surface area (Å²) in [6.07, 6.45) is 3.37. The molecule has 2 aromatic carbocycles. The average molecular weight is 386 g/mol. The quantitative estimate of drug-likeness (QED) is 0.560. The zero-order valence-corrected chi connectivity index (χ0v) is 16.3. The Balaban J connectivity index is 1.40. The summed E-state index contributed by atoms with van der Waals surface area (Å²) in [6.45, 7) is 3.49. The van der Waals surface area contributed by atoms with Crippen molar-refractivity contribution in [2.75, 3.05) is 23.3 Å². The van der Waals surface area contributed by atoms with Gasteiger partial charge < -0.3 is 14.6 Å². The topological polar surface area (TPSA) is 71.3 Å². The fourth-order valence-electron chi connectivity index (χ4n) is 4.00. The van der Waals surface area contributed by atoms with Crippen molar-refractivity contribution in [3.05, 3.63) is 60.4 Å². The number of benzene rings is 2. The van der Waals surface area contributed by atoms with E-state index in [9.17, 15) is 4.79 Å². The molecular weight excluding hydrogens is 364 g/mol. The van der Waals surface area contributed by atoms with Crippen LogP contribution in [0.15, 0.2) is 59.3 Å². The summed E-state index contributed by atoms with van der Waals surface area (Å²) in [5.74, 6) is 0.715. The maximum atomic E-state index is 12.8. The van der Waals surface area contributed by atoms with Gasteiger partial charge in [-0.3, -0.25) is 4.79 Å². The van der Waals surface area contributed by atoms with E-state index in [4.69, 9.17) is 4.42 Å². The Bertz CT molecular complexity index is 1180. The summed E-state index contributed by atoms with van der Waals surface area (Å²) >= 11 is 0. The zero-order chi connectivity index (χ0) is 19.8. The Morgan fingerprint density at radius 3 is 2.83 bits per heavy atom. The molecule has 3 heterocycles. The molecule has 0 aliphatic carbocycles. The number of nitrogens with zero attached hydrogens (tertiary/aromatic N) is 3. The highest BCUT2D eigenvalue weighted by atomic mass is 16.3. The molecule has 1 fully saturated rings. The molecule has 5 rings (SSSR count). The number of carbonyl (C=O) groups is 1. The molecule has 6 nitrogen and oxygen atoms in total. The number of hydrogen-bond donors (Lipinski definition) is 1. The number of para-hydroxylation sites is 1. The molecule has 1 saturated heterocycles. The molecule has 1 N–H and O–H groups in total. The van der Waals surface area contributed by atoms with Gasteiger partial charge in [0.1, 0.15) is 17.4 Å². The van der Waals surface area contributed by atoms with E-state index in [0.29, 0.717) is 12.1 Å². The summed E-state index contributed by atoms with van der Waals surface area (Å²) in [5.41, 5.74) is 4.31. The molecule has 0 unspecified atom stereocenters. The largest absolute Gasteiger partial charge is 0.450 e. The van der Waals surface area contributed by atoms with Crippen LogP contribution in [-0.4, -0.2) is 29.0 Å². The Hall–Kier alpha value is -3.41. The van der Waals surface area contributed by atoms with Gasteiger partial charge in [0.25, 0.3) is 0 Å². The van der Waals surface area contributed by atoms with Crippen molar-refractivity contribution < 1.29 is 9.21 Å². The lowest BCUT2D eigenvalue weighted by atomic mass is 9.97. The number of aromatic nitrogens is 2. The molecule has 4 aromatic rings. The van der Waals surface area contributed by atoms with Gasteiger partial charge in [-0.15, -0.1) is 0 Å². The van der Waals surface area contributed by atoms with E-state index < -0.39 is 0 Å². The molecule has 6 heteroatoms. The molecule has 146 valence electrons. The van der Waals surface area contributed by atoms with Crippen molar-refractivity contribution >= 4 is 39.5 Å². The van der Waals surface area contributed by atoms with Crippen LogP contribution in [0.3, 0.4) is 0 Å². The fourth-order valence-corrected chi connectivity index (χ4v) is 4.00. The van der Waals surface area contributed by atoms with E-state index in [1.165, 1.54) is 5.56 Å². The van der Waals surface area contributed by atoms with Crippen molar-refractivity contribution in [1.82, 2.24) is 9.97 Å². The lowest BCUT2D eigenvalue weighted by molar-refractivity contribution is -0.120. The summed E-state index contributed by atoms with van der Waals surface area (Å²) in [4.78, 5) is 23.9. The van der Waals surface area contributed by atoms with E-state index >= 15 is 0 Å². The summed E-state index contributed by atoms with van der Waals surface area (Å²) < 4.78 is 6.07. The number of carbonyl (C=O) groups excluding carboxylic acids is 1. The lowest BCUT2D eigenvalue weighted by Crippen LogP contribution is -2.41. The van der Waals surface area contributed by atoms with Gasteiger partial charge in [0.2, 0.25) is 5.91 Å². The molecule has 0 saturated carbocycles. The number of anilines is 2. The van der Waals surface area contributed by atoms with Crippen LogP contribution >= 0.6 is 0 Å². The summed E-state index contributed by atoms with van der Waals surface area (Å²) in [7, 11) is 0. The second-order valence-electron chi connectivity index (χ2n) is 7.61. The number of amides is 1. The second-order valence-corrected chi connectivity index (χ2v) is 7.61. The van der Waals surface area contributed by atoms with Crippen molar-refractivity contribution in [2.24, 2.45) is 5.92 Å². The monoisotopic (exact) mass is 386 g/mol. The minimum atomic E-state index is -0.0977. The maximum absolute atomic E-state index is 12.8. The van der Waals surface area contributed by atoms with Gasteiger partial charge in [0, 0.05) is 24.2 Å². The van der Waals surface area contributed by atoms with Gasteiger partial charge in [-0.05, 0) is 44.0 Å². The first kappa shape index (κ1) is 17.7. The van der Waals surface area contributed by atoms with Gasteiger partial charge >= 0.3 is 0 Å². The van der Waals surface area contributed by atoms with Crippen molar-refractivity contribution in [2.45, 2.75) is 19.8 Å². The lowest BCUT2D eigenvalue weighted by Gasteiger charge is -2.32.